The Bertz CT molecular complexity index is 336. The highest BCUT2D eigenvalue weighted by atomic mass is 19.1. The van der Waals surface area contributed by atoms with E-state index >= 15 is 0 Å². The van der Waals surface area contributed by atoms with Crippen molar-refractivity contribution in [2.45, 2.75) is 13.1 Å². The molecule has 2 nitrogen and oxygen atoms in total. The third kappa shape index (κ3) is 2.02. The Morgan fingerprint density at radius 3 is 2.62 bits per heavy atom. The third-order valence-corrected chi connectivity index (χ3v) is 1.71. The first kappa shape index (κ1) is 9.64. The van der Waals surface area contributed by atoms with Crippen LogP contribution in [0.4, 0.5) is 8.78 Å². The van der Waals surface area contributed by atoms with Gasteiger partial charge in [0.15, 0.2) is 0 Å². The summed E-state index contributed by atoms with van der Waals surface area (Å²) in [5, 5.41) is 8.30. The molecule has 0 saturated heterocycles. The van der Waals surface area contributed by atoms with Crippen LogP contribution in [0.15, 0.2) is 18.2 Å². The zero-order valence-electron chi connectivity index (χ0n) is 6.92. The minimum atomic E-state index is -2.16. The normalized spacial score (nSPS) is 12.5. The summed E-state index contributed by atoms with van der Waals surface area (Å²) in [6.07, 6.45) is -2.16. The molecule has 0 amide bonds. The Balaban J connectivity index is 3.03. The number of carbonyl (C=O) groups is 1. The molecule has 1 unspecified atom stereocenters. The van der Waals surface area contributed by atoms with Crippen molar-refractivity contribution in [1.29, 1.82) is 0 Å². The number of aryl methyl sites for hydroxylation is 1. The fourth-order valence-corrected chi connectivity index (χ4v) is 0.909. The molecule has 1 aromatic carbocycles. The molecular formula is C9H8F2O2. The molecule has 1 N–H and O–H groups in total. The number of hydrogen-bond donors (Lipinski definition) is 1. The standard InChI is InChI=1S/C9H8F2O2/c1-5-2-3-6(4-7(5)10)8(11)9(12)13/h2-4,8H,1H3,(H,12,13). The van der Waals surface area contributed by atoms with Crippen LogP contribution >= 0.6 is 0 Å². The zero-order chi connectivity index (χ0) is 10.0. The van der Waals surface area contributed by atoms with Crippen LogP contribution in [-0.4, -0.2) is 11.1 Å². The van der Waals surface area contributed by atoms with E-state index in [4.69, 9.17) is 5.11 Å². The highest BCUT2D eigenvalue weighted by molar-refractivity contribution is 5.74. The van der Waals surface area contributed by atoms with Crippen LogP contribution in [0.3, 0.4) is 0 Å². The third-order valence-electron chi connectivity index (χ3n) is 1.71. The summed E-state index contributed by atoms with van der Waals surface area (Å²) in [6.45, 7) is 1.52. The van der Waals surface area contributed by atoms with Gasteiger partial charge in [0.05, 0.1) is 0 Å². The summed E-state index contributed by atoms with van der Waals surface area (Å²) in [4.78, 5) is 10.2. The van der Waals surface area contributed by atoms with Crippen molar-refractivity contribution >= 4 is 5.97 Å². The Hall–Kier alpha value is -1.45. The predicted octanol–water partition coefficient (Wildman–Crippen LogP) is 2.23. The topological polar surface area (TPSA) is 37.3 Å². The maximum Gasteiger partial charge on any atom is 0.343 e. The first-order valence-corrected chi connectivity index (χ1v) is 3.65. The summed E-state index contributed by atoms with van der Waals surface area (Å²) in [6, 6.07) is 3.51. The number of rotatable bonds is 2. The monoisotopic (exact) mass is 186 g/mol. The minimum absolute atomic E-state index is 0.171. The fraction of sp³-hybridized carbons (Fsp3) is 0.222. The summed E-state index contributed by atoms with van der Waals surface area (Å²) in [7, 11) is 0. The molecule has 70 valence electrons. The summed E-state index contributed by atoms with van der Waals surface area (Å²) >= 11 is 0. The lowest BCUT2D eigenvalue weighted by Gasteiger charge is -2.04. The van der Waals surface area contributed by atoms with Gasteiger partial charge in [-0.15, -0.1) is 0 Å². The number of benzene rings is 1. The second kappa shape index (κ2) is 3.51. The Morgan fingerprint density at radius 1 is 1.54 bits per heavy atom. The van der Waals surface area contributed by atoms with Crippen molar-refractivity contribution in [3.63, 3.8) is 0 Å². The van der Waals surface area contributed by atoms with E-state index in [9.17, 15) is 13.6 Å². The van der Waals surface area contributed by atoms with Crippen molar-refractivity contribution in [2.24, 2.45) is 0 Å². The number of carboxylic acid groups (broad SMARTS) is 1. The van der Waals surface area contributed by atoms with Gasteiger partial charge in [-0.1, -0.05) is 12.1 Å². The number of aliphatic carboxylic acids is 1. The molecule has 0 aliphatic heterocycles. The van der Waals surface area contributed by atoms with Crippen LogP contribution in [0.25, 0.3) is 0 Å². The van der Waals surface area contributed by atoms with E-state index in [2.05, 4.69) is 0 Å². The van der Waals surface area contributed by atoms with Crippen molar-refractivity contribution in [2.75, 3.05) is 0 Å². The summed E-state index contributed by atoms with van der Waals surface area (Å²) in [5.41, 5.74) is 0.192. The van der Waals surface area contributed by atoms with Gasteiger partial charge in [-0.2, -0.15) is 0 Å². The van der Waals surface area contributed by atoms with Crippen molar-refractivity contribution in [3.8, 4) is 0 Å². The van der Waals surface area contributed by atoms with Crippen LogP contribution in [-0.2, 0) is 4.79 Å². The Morgan fingerprint density at radius 2 is 2.15 bits per heavy atom. The maximum absolute atomic E-state index is 12.8. The molecule has 0 heterocycles. The molecule has 4 heteroatoms. The molecule has 0 aliphatic rings. The second-order valence-electron chi connectivity index (χ2n) is 2.71. The smallest absolute Gasteiger partial charge is 0.343 e. The zero-order valence-corrected chi connectivity index (χ0v) is 6.92. The Kier molecular flexibility index (Phi) is 2.60. The van der Waals surface area contributed by atoms with Gasteiger partial charge >= 0.3 is 5.97 Å². The molecule has 13 heavy (non-hydrogen) atoms. The van der Waals surface area contributed by atoms with Crippen molar-refractivity contribution < 1.29 is 18.7 Å². The van der Waals surface area contributed by atoms with Gasteiger partial charge in [-0.25, -0.2) is 13.6 Å². The van der Waals surface area contributed by atoms with Crippen molar-refractivity contribution in [1.82, 2.24) is 0 Å². The molecule has 0 spiro atoms. The van der Waals surface area contributed by atoms with Gasteiger partial charge in [0, 0.05) is 5.56 Å². The van der Waals surface area contributed by atoms with Gasteiger partial charge in [0.25, 0.3) is 0 Å². The molecule has 0 radical (unpaired) electrons. The van der Waals surface area contributed by atoms with Gasteiger partial charge in [0.2, 0.25) is 6.17 Å². The number of halogens is 2. The molecule has 0 saturated carbocycles. The van der Waals surface area contributed by atoms with E-state index < -0.39 is 18.0 Å². The number of carboxylic acids is 1. The average molecular weight is 186 g/mol. The summed E-state index contributed by atoms with van der Waals surface area (Å²) in [5.74, 6) is -2.20. The molecule has 0 aliphatic carbocycles. The lowest BCUT2D eigenvalue weighted by Crippen LogP contribution is -2.06. The molecule has 0 fully saturated rings. The SMILES string of the molecule is Cc1ccc(C(F)C(=O)O)cc1F. The number of hydrogen-bond acceptors (Lipinski definition) is 1. The van der Waals surface area contributed by atoms with E-state index in [1.54, 1.807) is 0 Å². The van der Waals surface area contributed by atoms with Gasteiger partial charge in [-0.3, -0.25) is 0 Å². The van der Waals surface area contributed by atoms with Crippen LogP contribution < -0.4 is 0 Å². The molecule has 1 aromatic rings. The highest BCUT2D eigenvalue weighted by Gasteiger charge is 2.18. The predicted molar refractivity (Wildman–Crippen MR) is 42.6 cm³/mol. The van der Waals surface area contributed by atoms with Crippen LogP contribution in [0.1, 0.15) is 17.3 Å². The van der Waals surface area contributed by atoms with Gasteiger partial charge in [0.1, 0.15) is 5.82 Å². The fourth-order valence-electron chi connectivity index (χ4n) is 0.909. The van der Waals surface area contributed by atoms with E-state index in [0.29, 0.717) is 5.56 Å². The average Bonchev–Trinajstić information content (AvgIpc) is 2.08. The van der Waals surface area contributed by atoms with Crippen LogP contribution in [0.2, 0.25) is 0 Å². The first-order chi connectivity index (χ1) is 6.02. The van der Waals surface area contributed by atoms with E-state index in [-0.39, 0.29) is 5.56 Å². The summed E-state index contributed by atoms with van der Waals surface area (Å²) < 4.78 is 25.6. The quantitative estimate of drug-likeness (QED) is 0.768. The molecule has 0 bridgehead atoms. The maximum atomic E-state index is 12.8. The molecular weight excluding hydrogens is 178 g/mol. The van der Waals surface area contributed by atoms with Crippen LogP contribution in [0, 0.1) is 12.7 Å². The molecule has 1 rings (SSSR count). The Labute approximate surface area is 73.8 Å². The van der Waals surface area contributed by atoms with E-state index in [1.807, 2.05) is 0 Å². The number of alkyl halides is 1. The van der Waals surface area contributed by atoms with E-state index in [1.165, 1.54) is 19.1 Å². The minimum Gasteiger partial charge on any atom is -0.479 e. The lowest BCUT2D eigenvalue weighted by atomic mass is 10.1. The van der Waals surface area contributed by atoms with Crippen molar-refractivity contribution in [3.05, 3.63) is 35.1 Å². The van der Waals surface area contributed by atoms with E-state index in [0.717, 1.165) is 6.07 Å². The van der Waals surface area contributed by atoms with Gasteiger partial charge in [-0.05, 0) is 18.6 Å². The first-order valence-electron chi connectivity index (χ1n) is 3.65. The largest absolute Gasteiger partial charge is 0.479 e. The van der Waals surface area contributed by atoms with Crippen LogP contribution in [0.5, 0.6) is 0 Å². The highest BCUT2D eigenvalue weighted by Crippen LogP contribution is 2.19. The van der Waals surface area contributed by atoms with Gasteiger partial charge < -0.3 is 5.11 Å². The molecule has 1 atom stereocenters. The second-order valence-corrected chi connectivity index (χ2v) is 2.71. The molecule has 0 aromatic heterocycles. The lowest BCUT2D eigenvalue weighted by molar-refractivity contribution is -0.143.